The molecule has 3 aromatic carbocycles. The molecular formula is C55H79N4O9P. The number of methoxy groups -OCH3 is 2. The summed E-state index contributed by atoms with van der Waals surface area (Å²) in [5.41, 5.74) is 0.207. The van der Waals surface area contributed by atoms with Crippen molar-refractivity contribution in [2.24, 2.45) is 0 Å². The van der Waals surface area contributed by atoms with Crippen molar-refractivity contribution in [3.05, 3.63) is 129 Å². The Labute approximate surface area is 412 Å². The predicted molar refractivity (Wildman–Crippen MR) is 274 cm³/mol. The number of nitriles is 1. The van der Waals surface area contributed by atoms with Gasteiger partial charge in [-0.25, -0.2) is 9.46 Å². The van der Waals surface area contributed by atoms with E-state index in [1.54, 1.807) is 14.2 Å². The van der Waals surface area contributed by atoms with Crippen LogP contribution in [-0.4, -0.2) is 78.7 Å². The summed E-state index contributed by atoms with van der Waals surface area (Å²) in [6.07, 6.45) is 15.4. The molecule has 4 aromatic rings. The molecule has 1 saturated heterocycles. The number of benzene rings is 3. The van der Waals surface area contributed by atoms with Crippen LogP contribution in [0.2, 0.25) is 0 Å². The first-order valence-corrected chi connectivity index (χ1v) is 26.5. The first-order chi connectivity index (χ1) is 33.6. The zero-order valence-corrected chi connectivity index (χ0v) is 43.2. The van der Waals surface area contributed by atoms with E-state index in [2.05, 4.69) is 50.3 Å². The van der Waals surface area contributed by atoms with Crippen LogP contribution in [0.4, 0.5) is 0 Å². The van der Waals surface area contributed by atoms with Gasteiger partial charge in [-0.1, -0.05) is 145 Å². The molecule has 1 aliphatic rings. The maximum Gasteiger partial charge on any atom is 0.330 e. The minimum absolute atomic E-state index is 0.00386. The standard InChI is InChI=1S/C55H79N4O9P/c1-8-9-10-11-12-13-14-15-16-17-18-19-20-24-39-64-51-49(67-53(58-38-36-50(60)57-54(58)61)52(51)68-69(66-40-25-37-56)59(42(2)3)43(4)5)41-65-55(44-26-22-21-23-27-44,45-28-32-47(62-6)33-29-45)46-30-34-48(63-7)35-31-46/h21-23,26-36,38,42-43,49,51-53H,8-20,24-25,39-41H2,1-7H3,(H,57,60,61). The van der Waals surface area contributed by atoms with E-state index in [0.717, 1.165) is 36.0 Å². The van der Waals surface area contributed by atoms with E-state index >= 15 is 0 Å². The third-order valence-corrected chi connectivity index (χ3v) is 14.9. The Morgan fingerprint density at radius 1 is 0.710 bits per heavy atom. The van der Waals surface area contributed by atoms with Crippen molar-refractivity contribution >= 4 is 8.53 Å². The van der Waals surface area contributed by atoms with E-state index in [1.807, 2.05) is 78.9 Å². The van der Waals surface area contributed by atoms with E-state index in [4.69, 9.17) is 32.7 Å². The van der Waals surface area contributed by atoms with Crippen LogP contribution in [0.1, 0.15) is 154 Å². The van der Waals surface area contributed by atoms with Crippen molar-refractivity contribution in [1.29, 1.82) is 5.26 Å². The van der Waals surface area contributed by atoms with Crippen LogP contribution in [0.3, 0.4) is 0 Å². The van der Waals surface area contributed by atoms with Gasteiger partial charge in [0.2, 0.25) is 0 Å². The van der Waals surface area contributed by atoms with Gasteiger partial charge in [0.05, 0.1) is 39.9 Å². The second kappa shape index (κ2) is 29.7. The second-order valence-electron chi connectivity index (χ2n) is 18.4. The number of rotatable bonds is 33. The molecule has 1 fully saturated rings. The van der Waals surface area contributed by atoms with E-state index in [9.17, 15) is 14.9 Å². The molecule has 5 unspecified atom stereocenters. The van der Waals surface area contributed by atoms with Crippen molar-refractivity contribution in [1.82, 2.24) is 14.2 Å². The van der Waals surface area contributed by atoms with Gasteiger partial charge >= 0.3 is 5.69 Å². The van der Waals surface area contributed by atoms with Gasteiger partial charge in [-0.15, -0.1) is 0 Å². The smallest absolute Gasteiger partial charge is 0.330 e. The summed E-state index contributed by atoms with van der Waals surface area (Å²) in [6.45, 7) is 11.1. The lowest BCUT2D eigenvalue weighted by Gasteiger charge is -2.38. The van der Waals surface area contributed by atoms with Gasteiger partial charge in [0, 0.05) is 31.0 Å². The molecule has 5 rings (SSSR count). The average Bonchev–Trinajstić information content (AvgIpc) is 3.68. The van der Waals surface area contributed by atoms with Gasteiger partial charge in [-0.3, -0.25) is 14.3 Å². The SMILES string of the molecule is CCCCCCCCCCCCCCCCOC1C(COC(c2ccccc2)(c2ccc(OC)cc2)c2ccc(OC)cc2)OC(n2ccc(=O)[nH]c2=O)C1OP(OCCC#N)N(C(C)C)C(C)C. The molecule has 2 heterocycles. The van der Waals surface area contributed by atoms with Crippen LogP contribution in [-0.2, 0) is 28.9 Å². The summed E-state index contributed by atoms with van der Waals surface area (Å²) in [4.78, 5) is 28.6. The predicted octanol–water partition coefficient (Wildman–Crippen LogP) is 12.0. The van der Waals surface area contributed by atoms with Crippen LogP contribution < -0.4 is 20.7 Å². The van der Waals surface area contributed by atoms with Crippen LogP contribution in [0, 0.1) is 11.3 Å². The summed E-state index contributed by atoms with van der Waals surface area (Å²) in [7, 11) is 1.46. The second-order valence-corrected chi connectivity index (χ2v) is 19.9. The van der Waals surface area contributed by atoms with Crippen LogP contribution >= 0.6 is 8.53 Å². The molecule has 0 aliphatic carbocycles. The average molecular weight is 971 g/mol. The number of unbranched alkanes of at least 4 members (excludes halogenated alkanes) is 13. The fourth-order valence-electron chi connectivity index (χ4n) is 9.20. The monoisotopic (exact) mass is 971 g/mol. The third kappa shape index (κ3) is 16.1. The van der Waals surface area contributed by atoms with E-state index in [1.165, 1.54) is 87.5 Å². The van der Waals surface area contributed by atoms with Crippen molar-refractivity contribution in [3.63, 3.8) is 0 Å². The molecule has 378 valence electrons. The van der Waals surface area contributed by atoms with Gasteiger partial charge in [0.15, 0.2) is 6.23 Å². The molecule has 0 radical (unpaired) electrons. The summed E-state index contributed by atoms with van der Waals surface area (Å²) in [5, 5.41) is 9.52. The van der Waals surface area contributed by atoms with Crippen molar-refractivity contribution in [3.8, 4) is 17.6 Å². The summed E-state index contributed by atoms with van der Waals surface area (Å²) >= 11 is 0. The van der Waals surface area contributed by atoms with Gasteiger partial charge in [-0.05, 0) is 75.1 Å². The highest BCUT2D eigenvalue weighted by atomic mass is 31.2. The summed E-state index contributed by atoms with van der Waals surface area (Å²) in [6, 6.07) is 29.2. The summed E-state index contributed by atoms with van der Waals surface area (Å²) < 4.78 is 49.6. The molecule has 0 saturated carbocycles. The lowest BCUT2D eigenvalue weighted by Crippen LogP contribution is -2.43. The van der Waals surface area contributed by atoms with Gasteiger partial charge < -0.3 is 32.7 Å². The Morgan fingerprint density at radius 2 is 1.23 bits per heavy atom. The van der Waals surface area contributed by atoms with Crippen LogP contribution in [0.15, 0.2) is 101 Å². The largest absolute Gasteiger partial charge is 0.497 e. The number of nitrogens with zero attached hydrogens (tertiary/aromatic N) is 3. The molecule has 0 bridgehead atoms. The number of H-pyrrole nitrogens is 1. The first-order valence-electron chi connectivity index (χ1n) is 25.4. The molecule has 14 heteroatoms. The Bertz CT molecular complexity index is 2140. The van der Waals surface area contributed by atoms with E-state index in [-0.39, 0.29) is 31.7 Å². The maximum atomic E-state index is 13.7. The molecule has 13 nitrogen and oxygen atoms in total. The molecular weight excluding hydrogens is 892 g/mol. The highest BCUT2D eigenvalue weighted by Gasteiger charge is 2.51. The van der Waals surface area contributed by atoms with E-state index < -0.39 is 49.9 Å². The Balaban J connectivity index is 1.48. The topological polar surface area (TPSA) is 146 Å². The molecule has 5 atom stereocenters. The number of aromatic nitrogens is 2. The fraction of sp³-hybridized carbons (Fsp3) is 0.582. The van der Waals surface area contributed by atoms with E-state index in [0.29, 0.717) is 18.1 Å². The number of hydrogen-bond acceptors (Lipinski definition) is 11. The zero-order valence-electron chi connectivity index (χ0n) is 42.3. The van der Waals surface area contributed by atoms with Crippen molar-refractivity contribution in [2.45, 2.75) is 173 Å². The molecule has 0 amide bonds. The quantitative estimate of drug-likeness (QED) is 0.0276. The van der Waals surface area contributed by atoms with Gasteiger partial charge in [0.1, 0.15) is 35.4 Å². The fourth-order valence-corrected chi connectivity index (χ4v) is 10.9. The van der Waals surface area contributed by atoms with Crippen molar-refractivity contribution in [2.75, 3.05) is 34.0 Å². The highest BCUT2D eigenvalue weighted by molar-refractivity contribution is 7.44. The summed E-state index contributed by atoms with van der Waals surface area (Å²) in [5.74, 6) is 1.40. The Hall–Kier alpha value is -4.38. The minimum Gasteiger partial charge on any atom is -0.497 e. The van der Waals surface area contributed by atoms with Crippen molar-refractivity contribution < 1.29 is 32.7 Å². The lowest BCUT2D eigenvalue weighted by atomic mass is 9.80. The van der Waals surface area contributed by atoms with Gasteiger partial charge in [-0.2, -0.15) is 5.26 Å². The Kier molecular flexibility index (Phi) is 23.9. The number of hydrogen-bond donors (Lipinski definition) is 1. The number of aromatic amines is 1. The Morgan fingerprint density at radius 3 is 1.72 bits per heavy atom. The maximum absolute atomic E-state index is 13.7. The molecule has 69 heavy (non-hydrogen) atoms. The van der Waals surface area contributed by atoms with Crippen LogP contribution in [0.5, 0.6) is 11.5 Å². The van der Waals surface area contributed by atoms with Gasteiger partial charge in [0.25, 0.3) is 14.1 Å². The first kappa shape index (κ1) is 55.5. The number of ether oxygens (including phenoxy) is 5. The molecule has 0 spiro atoms. The minimum atomic E-state index is -1.82. The zero-order chi connectivity index (χ0) is 49.4. The third-order valence-electron chi connectivity index (χ3n) is 12.7. The molecule has 1 aromatic heterocycles. The normalized spacial score (nSPS) is 17.7. The highest BCUT2D eigenvalue weighted by Crippen LogP contribution is 2.51. The lowest BCUT2D eigenvalue weighted by molar-refractivity contribution is -0.104. The molecule has 1 aliphatic heterocycles. The number of nitrogens with one attached hydrogen (secondary N) is 1. The molecule has 1 N–H and O–H groups in total. The van der Waals surface area contributed by atoms with Crippen LogP contribution in [0.25, 0.3) is 0 Å².